The van der Waals surface area contributed by atoms with Crippen LogP contribution in [0.5, 0.6) is 17.2 Å². The molecule has 1 amide bonds. The number of ether oxygens (including phenoxy) is 2. The number of H-pyrrole nitrogens is 1. The Morgan fingerprint density at radius 1 is 1.00 bits per heavy atom. The summed E-state index contributed by atoms with van der Waals surface area (Å²) in [6, 6.07) is 22.6. The van der Waals surface area contributed by atoms with Crippen molar-refractivity contribution in [3.63, 3.8) is 0 Å². The highest BCUT2D eigenvalue weighted by atomic mass is 16.5. The number of amides is 1. The van der Waals surface area contributed by atoms with Gasteiger partial charge in [-0.25, -0.2) is 0 Å². The Kier molecular flexibility index (Phi) is 7.42. The predicted molar refractivity (Wildman–Crippen MR) is 138 cm³/mol. The van der Waals surface area contributed by atoms with Gasteiger partial charge in [0.05, 0.1) is 6.10 Å². The summed E-state index contributed by atoms with van der Waals surface area (Å²) in [5.74, 6) is 1.70. The van der Waals surface area contributed by atoms with Crippen LogP contribution in [0.1, 0.15) is 42.6 Å². The average molecular weight is 473 g/mol. The van der Waals surface area contributed by atoms with Gasteiger partial charge in [0, 0.05) is 22.7 Å². The first-order valence-corrected chi connectivity index (χ1v) is 11.8. The molecule has 0 saturated heterocycles. The summed E-state index contributed by atoms with van der Waals surface area (Å²) in [4.78, 5) is 14.4. The van der Waals surface area contributed by atoms with Gasteiger partial charge in [0.1, 0.15) is 23.9 Å². The van der Waals surface area contributed by atoms with Gasteiger partial charge in [-0.2, -0.15) is 0 Å². The van der Waals surface area contributed by atoms with Gasteiger partial charge in [-0.05, 0) is 84.8 Å². The number of hydrogen-bond acceptors (Lipinski definition) is 4. The maximum absolute atomic E-state index is 11.2. The number of carbonyl (C=O) groups excluding carboxylic acids is 1. The van der Waals surface area contributed by atoms with Crippen LogP contribution in [0.2, 0.25) is 0 Å². The van der Waals surface area contributed by atoms with Crippen LogP contribution in [0.25, 0.3) is 10.9 Å². The lowest BCUT2D eigenvalue weighted by Crippen LogP contribution is -2.22. The molecule has 0 fully saturated rings. The van der Waals surface area contributed by atoms with Gasteiger partial charge in [0.15, 0.2) is 0 Å². The highest BCUT2D eigenvalue weighted by Crippen LogP contribution is 2.30. The first kappa shape index (κ1) is 24.4. The van der Waals surface area contributed by atoms with Gasteiger partial charge in [-0.3, -0.25) is 4.79 Å². The number of hydrogen-bond donors (Lipinski definition) is 3. The molecular weight excluding hydrogens is 440 g/mol. The SMILES string of the molecule is CC(C)(CC[C@H](O)COc1cccc2[nH]ccc12)Cc1ccc(Oc2ccc(C(N)=O)cc2)cc1. The molecule has 1 aromatic heterocycles. The molecule has 3 aromatic carbocycles. The minimum Gasteiger partial charge on any atom is -0.490 e. The Labute approximate surface area is 205 Å². The average Bonchev–Trinajstić information content (AvgIpc) is 3.32. The Balaban J connectivity index is 1.25. The number of aliphatic hydroxyl groups is 1. The third kappa shape index (κ3) is 6.64. The number of nitrogens with one attached hydrogen (secondary N) is 1. The number of benzene rings is 3. The molecule has 0 bridgehead atoms. The van der Waals surface area contributed by atoms with E-state index in [4.69, 9.17) is 15.2 Å². The number of aromatic nitrogens is 1. The van der Waals surface area contributed by atoms with Gasteiger partial charge in [-0.15, -0.1) is 0 Å². The lowest BCUT2D eigenvalue weighted by Gasteiger charge is -2.26. The predicted octanol–water partition coefficient (Wildman–Crippen LogP) is 5.85. The summed E-state index contributed by atoms with van der Waals surface area (Å²) >= 11 is 0. The molecule has 0 saturated carbocycles. The van der Waals surface area contributed by atoms with Gasteiger partial charge < -0.3 is 25.3 Å². The second-order valence-electron chi connectivity index (χ2n) is 9.67. The summed E-state index contributed by atoms with van der Waals surface area (Å²) in [6.45, 7) is 4.70. The van der Waals surface area contributed by atoms with Crippen LogP contribution in [0.15, 0.2) is 79.0 Å². The summed E-state index contributed by atoms with van der Waals surface area (Å²) in [5, 5.41) is 11.5. The summed E-state index contributed by atoms with van der Waals surface area (Å²) in [5.41, 5.74) is 7.97. The van der Waals surface area contributed by atoms with Crippen molar-refractivity contribution in [1.29, 1.82) is 0 Å². The first-order chi connectivity index (χ1) is 16.8. The molecule has 0 spiro atoms. The second-order valence-corrected chi connectivity index (χ2v) is 9.67. The van der Waals surface area contributed by atoms with E-state index in [1.54, 1.807) is 24.3 Å². The van der Waals surface area contributed by atoms with E-state index in [0.717, 1.165) is 35.2 Å². The minimum atomic E-state index is -0.528. The second kappa shape index (κ2) is 10.7. The standard InChI is InChI=1S/C29H32N2O4/c1-29(2,16-14-22(32)19-34-27-5-3-4-26-25(27)15-17-31-26)18-20-6-10-23(11-7-20)35-24-12-8-21(9-13-24)28(30)33/h3-13,15,17,22,31-32H,14,16,18-19H2,1-2H3,(H2,30,33)/t22-/m0/s1. The van der Waals surface area contributed by atoms with Gasteiger partial charge in [-0.1, -0.05) is 32.0 Å². The zero-order valence-electron chi connectivity index (χ0n) is 20.2. The largest absolute Gasteiger partial charge is 0.490 e. The lowest BCUT2D eigenvalue weighted by atomic mass is 9.81. The van der Waals surface area contributed by atoms with Crippen LogP contribution in [-0.2, 0) is 6.42 Å². The van der Waals surface area contributed by atoms with E-state index >= 15 is 0 Å². The maximum atomic E-state index is 11.2. The number of fused-ring (bicyclic) bond motifs is 1. The third-order valence-electron chi connectivity index (χ3n) is 6.12. The van der Waals surface area contributed by atoms with Crippen LogP contribution in [0.3, 0.4) is 0 Å². The van der Waals surface area contributed by atoms with Crippen LogP contribution in [0.4, 0.5) is 0 Å². The molecule has 4 N–H and O–H groups in total. The Hall–Kier alpha value is -3.77. The summed E-state index contributed by atoms with van der Waals surface area (Å²) in [6.07, 6.45) is 3.78. The zero-order chi connectivity index (χ0) is 24.8. The molecule has 1 atom stereocenters. The molecule has 6 heteroatoms. The molecule has 182 valence electrons. The fraction of sp³-hybridized carbons (Fsp3) is 0.276. The lowest BCUT2D eigenvalue weighted by molar-refractivity contribution is 0.0877. The molecule has 0 unspecified atom stereocenters. The topological polar surface area (TPSA) is 97.6 Å². The Morgan fingerprint density at radius 3 is 2.37 bits per heavy atom. The number of rotatable bonds is 11. The normalized spacial score (nSPS) is 12.4. The molecule has 4 aromatic rings. The first-order valence-electron chi connectivity index (χ1n) is 11.8. The molecule has 0 radical (unpaired) electrons. The Bertz CT molecular complexity index is 1260. The number of primary amides is 1. The highest BCUT2D eigenvalue weighted by Gasteiger charge is 2.21. The number of aliphatic hydroxyl groups excluding tert-OH is 1. The molecular formula is C29H32N2O4. The van der Waals surface area contributed by atoms with Gasteiger partial charge in [0.2, 0.25) is 5.91 Å². The van der Waals surface area contributed by atoms with E-state index in [1.165, 1.54) is 5.56 Å². The van der Waals surface area contributed by atoms with Crippen molar-refractivity contribution in [3.8, 4) is 17.2 Å². The molecule has 0 aliphatic heterocycles. The third-order valence-corrected chi connectivity index (χ3v) is 6.12. The Morgan fingerprint density at radius 2 is 1.69 bits per heavy atom. The summed E-state index contributed by atoms with van der Waals surface area (Å²) < 4.78 is 11.8. The van der Waals surface area contributed by atoms with Crippen LogP contribution >= 0.6 is 0 Å². The molecule has 4 rings (SSSR count). The number of nitrogens with two attached hydrogens (primary N) is 1. The van der Waals surface area contributed by atoms with Crippen LogP contribution < -0.4 is 15.2 Å². The minimum absolute atomic E-state index is 0.0224. The van der Waals surface area contributed by atoms with Crippen molar-refractivity contribution in [3.05, 3.63) is 90.1 Å². The van der Waals surface area contributed by atoms with E-state index in [2.05, 4.69) is 31.0 Å². The highest BCUT2D eigenvalue weighted by molar-refractivity contribution is 5.92. The molecule has 0 aliphatic carbocycles. The van der Waals surface area contributed by atoms with E-state index in [0.29, 0.717) is 17.7 Å². The van der Waals surface area contributed by atoms with Crippen molar-refractivity contribution in [2.24, 2.45) is 11.1 Å². The summed E-state index contributed by atoms with van der Waals surface area (Å²) in [7, 11) is 0. The van der Waals surface area contributed by atoms with Gasteiger partial charge >= 0.3 is 0 Å². The van der Waals surface area contributed by atoms with E-state index < -0.39 is 12.0 Å². The monoisotopic (exact) mass is 472 g/mol. The van der Waals surface area contributed by atoms with Crippen LogP contribution in [0, 0.1) is 5.41 Å². The quantitative estimate of drug-likeness (QED) is 0.255. The fourth-order valence-corrected chi connectivity index (χ4v) is 4.15. The van der Waals surface area contributed by atoms with Crippen LogP contribution in [-0.4, -0.2) is 28.7 Å². The van der Waals surface area contributed by atoms with Crippen molar-refractivity contribution < 1.29 is 19.4 Å². The van der Waals surface area contributed by atoms with Crippen molar-refractivity contribution in [1.82, 2.24) is 4.98 Å². The molecule has 0 aliphatic rings. The molecule has 1 heterocycles. The van der Waals surface area contributed by atoms with Crippen molar-refractivity contribution >= 4 is 16.8 Å². The van der Waals surface area contributed by atoms with Crippen molar-refractivity contribution in [2.45, 2.75) is 39.2 Å². The molecule has 6 nitrogen and oxygen atoms in total. The van der Waals surface area contributed by atoms with Crippen molar-refractivity contribution in [2.75, 3.05) is 6.61 Å². The van der Waals surface area contributed by atoms with E-state index in [9.17, 15) is 9.90 Å². The maximum Gasteiger partial charge on any atom is 0.248 e. The number of carbonyl (C=O) groups is 1. The zero-order valence-corrected chi connectivity index (χ0v) is 20.2. The van der Waals surface area contributed by atoms with E-state index in [-0.39, 0.29) is 12.0 Å². The number of aromatic amines is 1. The smallest absolute Gasteiger partial charge is 0.248 e. The molecule has 35 heavy (non-hydrogen) atoms. The fourth-order valence-electron chi connectivity index (χ4n) is 4.15. The van der Waals surface area contributed by atoms with Gasteiger partial charge in [0.25, 0.3) is 0 Å². The van der Waals surface area contributed by atoms with E-state index in [1.807, 2.05) is 42.6 Å².